The van der Waals surface area contributed by atoms with Gasteiger partial charge in [0.05, 0.1) is 6.10 Å². The van der Waals surface area contributed by atoms with E-state index in [9.17, 15) is 4.79 Å². The first-order valence-electron chi connectivity index (χ1n) is 4.02. The number of hydrogen-bond donors (Lipinski definition) is 2. The van der Waals surface area contributed by atoms with Crippen LogP contribution >= 0.6 is 0 Å². The summed E-state index contributed by atoms with van der Waals surface area (Å²) in [6, 6.07) is 0. The second-order valence-electron chi connectivity index (χ2n) is 3.04. The van der Waals surface area contributed by atoms with Crippen molar-refractivity contribution < 1.29 is 9.90 Å². The Hall–Kier alpha value is -1.36. The van der Waals surface area contributed by atoms with Crippen molar-refractivity contribution in [2.45, 2.75) is 26.5 Å². The van der Waals surface area contributed by atoms with Gasteiger partial charge >= 0.3 is 0 Å². The van der Waals surface area contributed by atoms with Crippen LogP contribution in [0.1, 0.15) is 23.2 Å². The molecule has 0 saturated carbocycles. The Morgan fingerprint density at radius 2 is 2.46 bits per heavy atom. The zero-order valence-corrected chi connectivity index (χ0v) is 7.69. The highest BCUT2D eigenvalue weighted by Crippen LogP contribution is 2.02. The van der Waals surface area contributed by atoms with Crippen LogP contribution in [0.4, 0.5) is 0 Å². The standard InChI is InChI=1S/C8H13N3O2/c1-5(12)3-11-4-7(8(9)13)10-6(11)2/h4-5,12H,3H2,1-2H3,(H2,9,13)/t5-/m0/s1. The van der Waals surface area contributed by atoms with E-state index in [4.69, 9.17) is 10.8 Å². The molecular weight excluding hydrogens is 170 g/mol. The zero-order chi connectivity index (χ0) is 10.0. The molecule has 0 fully saturated rings. The second kappa shape index (κ2) is 3.57. The van der Waals surface area contributed by atoms with E-state index < -0.39 is 12.0 Å². The Kier molecular flexibility index (Phi) is 2.67. The minimum atomic E-state index is -0.549. The molecule has 3 N–H and O–H groups in total. The van der Waals surface area contributed by atoms with Crippen LogP contribution in [0.5, 0.6) is 0 Å². The number of amides is 1. The molecule has 13 heavy (non-hydrogen) atoms. The van der Waals surface area contributed by atoms with Crippen molar-refractivity contribution in [3.63, 3.8) is 0 Å². The van der Waals surface area contributed by atoms with Gasteiger partial charge in [0.15, 0.2) is 0 Å². The fraction of sp³-hybridized carbons (Fsp3) is 0.500. The van der Waals surface area contributed by atoms with Gasteiger partial charge in [-0.05, 0) is 13.8 Å². The lowest BCUT2D eigenvalue weighted by atomic mass is 10.4. The molecule has 0 unspecified atom stereocenters. The van der Waals surface area contributed by atoms with E-state index in [1.54, 1.807) is 24.6 Å². The summed E-state index contributed by atoms with van der Waals surface area (Å²) in [4.78, 5) is 14.7. The Balaban J connectivity index is 2.90. The number of nitrogens with zero attached hydrogens (tertiary/aromatic N) is 2. The molecular formula is C8H13N3O2. The Bertz CT molecular complexity index is 317. The molecule has 5 heteroatoms. The zero-order valence-electron chi connectivity index (χ0n) is 7.69. The third-order valence-electron chi connectivity index (χ3n) is 1.69. The minimum absolute atomic E-state index is 0.234. The highest BCUT2D eigenvalue weighted by molar-refractivity contribution is 5.90. The van der Waals surface area contributed by atoms with Crippen LogP contribution in [0.3, 0.4) is 0 Å². The first-order chi connectivity index (χ1) is 6.00. The molecule has 5 nitrogen and oxygen atoms in total. The highest BCUT2D eigenvalue weighted by Gasteiger charge is 2.09. The summed E-state index contributed by atoms with van der Waals surface area (Å²) in [5, 5.41) is 9.11. The number of rotatable bonds is 3. The molecule has 72 valence electrons. The van der Waals surface area contributed by atoms with Gasteiger partial charge in [0.25, 0.3) is 5.91 Å². The number of aryl methyl sites for hydroxylation is 1. The summed E-state index contributed by atoms with van der Waals surface area (Å²) in [6.07, 6.45) is 1.08. The number of aromatic nitrogens is 2. The molecule has 0 aliphatic rings. The molecule has 0 spiro atoms. The van der Waals surface area contributed by atoms with E-state index in [1.165, 1.54) is 0 Å². The van der Waals surface area contributed by atoms with Crippen LogP contribution in [-0.4, -0.2) is 26.7 Å². The summed E-state index contributed by atoms with van der Waals surface area (Å²) >= 11 is 0. The molecule has 0 aromatic carbocycles. The molecule has 0 saturated heterocycles. The van der Waals surface area contributed by atoms with Crippen molar-refractivity contribution in [1.82, 2.24) is 9.55 Å². The number of carbonyl (C=O) groups excluding carboxylic acids is 1. The maximum atomic E-state index is 10.7. The molecule has 1 aromatic heterocycles. The van der Waals surface area contributed by atoms with Crippen molar-refractivity contribution in [2.24, 2.45) is 5.73 Å². The van der Waals surface area contributed by atoms with Crippen molar-refractivity contribution >= 4 is 5.91 Å². The monoisotopic (exact) mass is 183 g/mol. The van der Waals surface area contributed by atoms with Crippen LogP contribution in [0.15, 0.2) is 6.20 Å². The van der Waals surface area contributed by atoms with Gasteiger partial charge in [-0.1, -0.05) is 0 Å². The number of primary amides is 1. The summed E-state index contributed by atoms with van der Waals surface area (Å²) in [5.41, 5.74) is 5.28. The molecule has 0 bridgehead atoms. The first-order valence-corrected chi connectivity index (χ1v) is 4.02. The van der Waals surface area contributed by atoms with E-state index in [2.05, 4.69) is 4.98 Å². The van der Waals surface area contributed by atoms with E-state index in [1.807, 2.05) is 0 Å². The van der Waals surface area contributed by atoms with Crippen molar-refractivity contribution in [3.8, 4) is 0 Å². The van der Waals surface area contributed by atoms with Crippen LogP contribution < -0.4 is 5.73 Å². The van der Waals surface area contributed by atoms with Crippen molar-refractivity contribution in [3.05, 3.63) is 17.7 Å². The van der Waals surface area contributed by atoms with Crippen LogP contribution in [0, 0.1) is 6.92 Å². The highest BCUT2D eigenvalue weighted by atomic mass is 16.3. The summed E-state index contributed by atoms with van der Waals surface area (Å²) in [5.74, 6) is 0.127. The van der Waals surface area contributed by atoms with Gasteiger partial charge in [0, 0.05) is 12.7 Å². The van der Waals surface area contributed by atoms with Gasteiger partial charge in [-0.3, -0.25) is 4.79 Å². The number of aliphatic hydroxyl groups is 1. The normalized spacial score (nSPS) is 12.8. The molecule has 1 aromatic rings. The third-order valence-corrected chi connectivity index (χ3v) is 1.69. The smallest absolute Gasteiger partial charge is 0.268 e. The molecule has 1 heterocycles. The van der Waals surface area contributed by atoms with E-state index in [0.717, 1.165) is 0 Å². The minimum Gasteiger partial charge on any atom is -0.392 e. The molecule has 0 aliphatic carbocycles. The molecule has 1 atom stereocenters. The summed E-state index contributed by atoms with van der Waals surface area (Å²) < 4.78 is 1.70. The van der Waals surface area contributed by atoms with Gasteiger partial charge < -0.3 is 15.4 Å². The van der Waals surface area contributed by atoms with Gasteiger partial charge in [0.2, 0.25) is 0 Å². The van der Waals surface area contributed by atoms with E-state index in [0.29, 0.717) is 12.4 Å². The fourth-order valence-corrected chi connectivity index (χ4v) is 1.10. The van der Waals surface area contributed by atoms with Crippen LogP contribution in [-0.2, 0) is 6.54 Å². The molecule has 1 amide bonds. The number of aliphatic hydroxyl groups excluding tert-OH is 1. The predicted octanol–water partition coefficient (Wildman–Crippen LogP) is -0.329. The maximum Gasteiger partial charge on any atom is 0.268 e. The fourth-order valence-electron chi connectivity index (χ4n) is 1.10. The number of hydrogen-bond acceptors (Lipinski definition) is 3. The first kappa shape index (κ1) is 9.73. The largest absolute Gasteiger partial charge is 0.392 e. The Labute approximate surface area is 76.2 Å². The topological polar surface area (TPSA) is 81.1 Å². The lowest BCUT2D eigenvalue weighted by Crippen LogP contribution is -2.13. The molecule has 0 radical (unpaired) electrons. The Morgan fingerprint density at radius 1 is 1.85 bits per heavy atom. The van der Waals surface area contributed by atoms with Crippen LogP contribution in [0.25, 0.3) is 0 Å². The van der Waals surface area contributed by atoms with E-state index in [-0.39, 0.29) is 5.69 Å². The number of imidazole rings is 1. The summed E-state index contributed by atoms with van der Waals surface area (Å²) in [7, 11) is 0. The molecule has 0 aliphatic heterocycles. The third kappa shape index (κ3) is 2.29. The average molecular weight is 183 g/mol. The maximum absolute atomic E-state index is 10.7. The van der Waals surface area contributed by atoms with E-state index >= 15 is 0 Å². The van der Waals surface area contributed by atoms with Crippen molar-refractivity contribution in [2.75, 3.05) is 0 Å². The molecule has 1 rings (SSSR count). The SMILES string of the molecule is Cc1nc(C(N)=O)cn1C[C@H](C)O. The average Bonchev–Trinajstić information content (AvgIpc) is 2.31. The van der Waals surface area contributed by atoms with Crippen molar-refractivity contribution in [1.29, 1.82) is 0 Å². The lowest BCUT2D eigenvalue weighted by Gasteiger charge is -2.05. The van der Waals surface area contributed by atoms with Gasteiger partial charge in [-0.25, -0.2) is 4.98 Å². The quantitative estimate of drug-likeness (QED) is 0.673. The second-order valence-corrected chi connectivity index (χ2v) is 3.04. The number of nitrogens with two attached hydrogens (primary N) is 1. The lowest BCUT2D eigenvalue weighted by molar-refractivity contribution is 0.0995. The Morgan fingerprint density at radius 3 is 2.85 bits per heavy atom. The summed E-state index contributed by atoms with van der Waals surface area (Å²) in [6.45, 7) is 3.85. The van der Waals surface area contributed by atoms with Crippen LogP contribution in [0.2, 0.25) is 0 Å². The predicted molar refractivity (Wildman–Crippen MR) is 47.2 cm³/mol. The van der Waals surface area contributed by atoms with Gasteiger partial charge in [0.1, 0.15) is 11.5 Å². The number of carbonyl (C=O) groups is 1. The van der Waals surface area contributed by atoms with Gasteiger partial charge in [-0.15, -0.1) is 0 Å². The van der Waals surface area contributed by atoms with Gasteiger partial charge in [-0.2, -0.15) is 0 Å².